The maximum absolute atomic E-state index is 13.1. The Kier molecular flexibility index (Phi) is 3.87. The molecule has 0 bridgehead atoms. The van der Waals surface area contributed by atoms with Crippen molar-refractivity contribution in [1.82, 2.24) is 9.97 Å². The van der Waals surface area contributed by atoms with Crippen molar-refractivity contribution in [2.24, 2.45) is 0 Å². The predicted molar refractivity (Wildman–Crippen MR) is 69.2 cm³/mol. The number of benzene rings is 1. The van der Waals surface area contributed by atoms with Gasteiger partial charge in [0, 0.05) is 17.5 Å². The van der Waals surface area contributed by atoms with Crippen LogP contribution in [0.4, 0.5) is 13.2 Å². The predicted octanol–water partition coefficient (Wildman–Crippen LogP) is 3.82. The fraction of sp³-hybridized carbons (Fsp3) is 0.154. The summed E-state index contributed by atoms with van der Waals surface area (Å²) in [6, 6.07) is 2.93. The summed E-state index contributed by atoms with van der Waals surface area (Å²) in [5, 5.41) is 8.48. The fourth-order valence-electron chi connectivity index (χ4n) is 1.74. The molecule has 0 aliphatic heterocycles. The van der Waals surface area contributed by atoms with Crippen molar-refractivity contribution in [3.05, 3.63) is 46.2 Å². The van der Waals surface area contributed by atoms with E-state index in [4.69, 9.17) is 16.7 Å². The van der Waals surface area contributed by atoms with Gasteiger partial charge in [-0.25, -0.2) is 14.8 Å². The molecule has 110 valence electrons. The molecule has 1 aromatic heterocycles. The molecule has 1 heterocycles. The summed E-state index contributed by atoms with van der Waals surface area (Å²) >= 11 is 5.60. The van der Waals surface area contributed by atoms with Crippen LogP contribution in [0.25, 0.3) is 11.4 Å². The number of hydrogen-bond donors (Lipinski definition) is 1. The van der Waals surface area contributed by atoms with Gasteiger partial charge in [0.1, 0.15) is 0 Å². The lowest BCUT2D eigenvalue weighted by Gasteiger charge is -2.14. The molecular weight excluding hydrogens is 309 g/mol. The zero-order valence-corrected chi connectivity index (χ0v) is 11.3. The van der Waals surface area contributed by atoms with Crippen LogP contribution in [0, 0.1) is 6.92 Å². The fourth-order valence-corrected chi connectivity index (χ4v) is 1.98. The summed E-state index contributed by atoms with van der Waals surface area (Å²) in [5.41, 5.74) is -1.49. The molecule has 0 radical (unpaired) electrons. The van der Waals surface area contributed by atoms with Crippen LogP contribution in [0.5, 0.6) is 0 Å². The Morgan fingerprint density at radius 3 is 2.52 bits per heavy atom. The van der Waals surface area contributed by atoms with Crippen molar-refractivity contribution >= 4 is 17.6 Å². The molecule has 0 fully saturated rings. The van der Waals surface area contributed by atoms with E-state index >= 15 is 0 Å². The molecule has 0 unspecified atom stereocenters. The van der Waals surface area contributed by atoms with Gasteiger partial charge in [0.05, 0.1) is 16.1 Å². The van der Waals surface area contributed by atoms with Gasteiger partial charge in [-0.15, -0.1) is 0 Å². The minimum atomic E-state index is -4.71. The lowest BCUT2D eigenvalue weighted by molar-refractivity contribution is -0.137. The van der Waals surface area contributed by atoms with Crippen LogP contribution in [0.15, 0.2) is 24.4 Å². The summed E-state index contributed by atoms with van der Waals surface area (Å²) < 4.78 is 39.3. The molecule has 21 heavy (non-hydrogen) atoms. The highest BCUT2D eigenvalue weighted by Gasteiger charge is 2.36. The van der Waals surface area contributed by atoms with E-state index in [0.29, 0.717) is 11.8 Å². The Morgan fingerprint density at radius 2 is 2.00 bits per heavy atom. The molecule has 0 saturated carbocycles. The van der Waals surface area contributed by atoms with Crippen LogP contribution in [-0.4, -0.2) is 21.0 Å². The van der Waals surface area contributed by atoms with Gasteiger partial charge in [0.15, 0.2) is 5.82 Å². The number of carbonyl (C=O) groups is 1. The molecule has 1 aromatic carbocycles. The first-order valence-electron chi connectivity index (χ1n) is 5.64. The number of aryl methyl sites for hydroxylation is 1. The van der Waals surface area contributed by atoms with Crippen molar-refractivity contribution in [3.63, 3.8) is 0 Å². The topological polar surface area (TPSA) is 63.1 Å². The van der Waals surface area contributed by atoms with Crippen LogP contribution in [0.2, 0.25) is 5.02 Å². The number of alkyl halides is 3. The SMILES string of the molecule is Cc1ccnc(-c2cc(C(=O)O)c(Cl)cc2C(F)(F)F)n1. The number of carboxylic acid groups (broad SMARTS) is 1. The van der Waals surface area contributed by atoms with Gasteiger partial charge >= 0.3 is 12.1 Å². The van der Waals surface area contributed by atoms with Crippen molar-refractivity contribution in [2.45, 2.75) is 13.1 Å². The van der Waals surface area contributed by atoms with Crippen LogP contribution < -0.4 is 0 Å². The van der Waals surface area contributed by atoms with Crippen LogP contribution in [-0.2, 0) is 6.18 Å². The van der Waals surface area contributed by atoms with Crippen molar-refractivity contribution in [1.29, 1.82) is 0 Å². The molecule has 4 nitrogen and oxygen atoms in total. The Morgan fingerprint density at radius 1 is 1.33 bits per heavy atom. The number of aromatic carboxylic acids is 1. The first kappa shape index (κ1) is 15.2. The van der Waals surface area contributed by atoms with Gasteiger partial charge in [0.25, 0.3) is 0 Å². The average molecular weight is 317 g/mol. The first-order valence-corrected chi connectivity index (χ1v) is 6.02. The van der Waals surface area contributed by atoms with Gasteiger partial charge in [-0.2, -0.15) is 13.2 Å². The smallest absolute Gasteiger partial charge is 0.417 e. The van der Waals surface area contributed by atoms with Gasteiger partial charge in [0.2, 0.25) is 0 Å². The monoisotopic (exact) mass is 316 g/mol. The zero-order chi connectivity index (χ0) is 15.8. The molecule has 0 atom stereocenters. The molecule has 8 heteroatoms. The van der Waals surface area contributed by atoms with E-state index in [1.165, 1.54) is 12.3 Å². The first-order chi connectivity index (χ1) is 9.70. The third-order valence-electron chi connectivity index (χ3n) is 2.68. The van der Waals surface area contributed by atoms with Gasteiger partial charge in [-0.05, 0) is 25.1 Å². The number of aromatic nitrogens is 2. The molecule has 0 amide bonds. The quantitative estimate of drug-likeness (QED) is 0.914. The van der Waals surface area contributed by atoms with Gasteiger partial charge < -0.3 is 5.11 Å². The summed E-state index contributed by atoms with van der Waals surface area (Å²) in [4.78, 5) is 18.7. The standard InChI is InChI=1S/C13H8ClF3N2O2/c1-6-2-3-18-11(19-6)7-4-8(12(20)21)10(14)5-9(7)13(15,16)17/h2-5H,1H3,(H,20,21). The Bertz CT molecular complexity index is 717. The summed E-state index contributed by atoms with van der Waals surface area (Å²) in [6.07, 6.45) is -3.41. The maximum atomic E-state index is 13.1. The lowest BCUT2D eigenvalue weighted by Crippen LogP contribution is -2.11. The second kappa shape index (κ2) is 5.33. The molecule has 0 aliphatic carbocycles. The lowest BCUT2D eigenvalue weighted by atomic mass is 10.0. The van der Waals surface area contributed by atoms with E-state index in [0.717, 1.165) is 6.07 Å². The summed E-state index contributed by atoms with van der Waals surface area (Å²) in [5.74, 6) is -1.64. The van der Waals surface area contributed by atoms with E-state index < -0.39 is 33.9 Å². The molecular formula is C13H8ClF3N2O2. The molecule has 2 rings (SSSR count). The highest BCUT2D eigenvalue weighted by atomic mass is 35.5. The Balaban J connectivity index is 2.78. The minimum absolute atomic E-state index is 0.207. The number of rotatable bonds is 2. The largest absolute Gasteiger partial charge is 0.478 e. The van der Waals surface area contributed by atoms with E-state index in [1.54, 1.807) is 6.92 Å². The molecule has 0 aliphatic rings. The van der Waals surface area contributed by atoms with E-state index in [2.05, 4.69) is 9.97 Å². The van der Waals surface area contributed by atoms with Gasteiger partial charge in [-0.1, -0.05) is 11.6 Å². The van der Waals surface area contributed by atoms with E-state index in [-0.39, 0.29) is 5.82 Å². The van der Waals surface area contributed by atoms with Crippen molar-refractivity contribution in [2.75, 3.05) is 0 Å². The second-order valence-electron chi connectivity index (χ2n) is 4.20. The number of halogens is 4. The second-order valence-corrected chi connectivity index (χ2v) is 4.61. The number of carboxylic acids is 1. The normalized spacial score (nSPS) is 11.5. The minimum Gasteiger partial charge on any atom is -0.478 e. The van der Waals surface area contributed by atoms with Crippen LogP contribution in [0.1, 0.15) is 21.6 Å². The zero-order valence-electron chi connectivity index (χ0n) is 10.6. The van der Waals surface area contributed by atoms with E-state index in [9.17, 15) is 18.0 Å². The van der Waals surface area contributed by atoms with Crippen molar-refractivity contribution < 1.29 is 23.1 Å². The Labute approximate surface area is 122 Å². The van der Waals surface area contributed by atoms with Crippen LogP contribution >= 0.6 is 11.6 Å². The maximum Gasteiger partial charge on any atom is 0.417 e. The van der Waals surface area contributed by atoms with Crippen LogP contribution in [0.3, 0.4) is 0 Å². The summed E-state index contributed by atoms with van der Waals surface area (Å²) in [7, 11) is 0. The molecule has 2 aromatic rings. The highest BCUT2D eigenvalue weighted by Crippen LogP contribution is 2.38. The van der Waals surface area contributed by atoms with Crippen molar-refractivity contribution in [3.8, 4) is 11.4 Å². The third-order valence-corrected chi connectivity index (χ3v) is 2.99. The number of hydrogen-bond acceptors (Lipinski definition) is 3. The molecule has 0 saturated heterocycles. The molecule has 0 spiro atoms. The Hall–Kier alpha value is -2.15. The summed E-state index contributed by atoms with van der Waals surface area (Å²) in [6.45, 7) is 1.59. The average Bonchev–Trinajstić information content (AvgIpc) is 2.36. The molecule has 1 N–H and O–H groups in total. The van der Waals surface area contributed by atoms with E-state index in [1.807, 2.05) is 0 Å². The van der Waals surface area contributed by atoms with Gasteiger partial charge in [-0.3, -0.25) is 0 Å². The number of nitrogens with zero attached hydrogens (tertiary/aromatic N) is 2. The highest BCUT2D eigenvalue weighted by molar-refractivity contribution is 6.33. The third kappa shape index (κ3) is 3.13.